The summed E-state index contributed by atoms with van der Waals surface area (Å²) in [4.78, 5) is 29.8. The molecule has 3 rings (SSSR count). The Kier molecular flexibility index (Phi) is 22.3. The first-order valence-corrected chi connectivity index (χ1v) is 23.6. The van der Waals surface area contributed by atoms with Crippen molar-refractivity contribution < 1.29 is 43.3 Å². The molecule has 0 aliphatic carbocycles. The molecule has 0 heterocycles. The minimum atomic E-state index is -4.39. The van der Waals surface area contributed by atoms with Gasteiger partial charge in [-0.05, 0) is 123 Å². The first-order valence-electron chi connectivity index (χ1n) is 19.6. The number of aryl methyl sites for hydroxylation is 4. The van der Waals surface area contributed by atoms with Gasteiger partial charge in [-0.15, -0.1) is 0 Å². The first kappa shape index (κ1) is 48.1. The molecule has 0 fully saturated rings. The lowest BCUT2D eigenvalue weighted by Gasteiger charge is -2.24. The number of hydrogen-bond acceptors (Lipinski definition) is 11. The topological polar surface area (TPSA) is 129 Å². The molecule has 0 aliphatic heterocycles. The lowest BCUT2D eigenvalue weighted by Crippen LogP contribution is -2.24. The number of aliphatic hydroxyl groups excluding tert-OH is 2. The summed E-state index contributed by atoms with van der Waals surface area (Å²) < 4.78 is 38.7. The van der Waals surface area contributed by atoms with Crippen LogP contribution in [0.3, 0.4) is 0 Å². The van der Waals surface area contributed by atoms with E-state index in [-0.39, 0.29) is 18.5 Å². The first-order chi connectivity index (χ1) is 27.0. The summed E-state index contributed by atoms with van der Waals surface area (Å²) in [6, 6.07) is 12.4. The molecule has 56 heavy (non-hydrogen) atoms. The van der Waals surface area contributed by atoms with Crippen LogP contribution in [0.1, 0.15) is 78.1 Å². The fourth-order valence-corrected chi connectivity index (χ4v) is 10.9. The van der Waals surface area contributed by atoms with Crippen molar-refractivity contribution in [3.63, 3.8) is 0 Å². The van der Waals surface area contributed by atoms with Crippen molar-refractivity contribution in [2.45, 2.75) is 67.2 Å². The van der Waals surface area contributed by atoms with Gasteiger partial charge in [-0.3, -0.25) is 9.59 Å². The van der Waals surface area contributed by atoms with Crippen LogP contribution in [0.4, 0.5) is 0 Å². The van der Waals surface area contributed by atoms with Gasteiger partial charge in [0.1, 0.15) is 0 Å². The quantitative estimate of drug-likeness (QED) is 0.0531. The predicted molar refractivity (Wildman–Crippen MR) is 232 cm³/mol. The molecule has 2 N–H and O–H groups in total. The largest absolute Gasteiger partial charge is 0.396 e. The highest BCUT2D eigenvalue weighted by atomic mass is 32.2. The van der Waals surface area contributed by atoms with Crippen LogP contribution in [-0.2, 0) is 36.4 Å². The standard InChI is InChI=1S/C44H63O9PS2/c1-32-30-34(3)41(36(5)39(32)14-20-52-24-22-50-18-10-26-55-28-16-45)43(47)54(49,38-12-8-7-9-13-38)44(48)42-35(4)31-33(2)40(37(42)6)15-21-53-25-23-51-19-11-27-56-29-17-46/h7-9,12-13,30-31,45-46H,10-11,14-29H2,1-6H3. The maximum atomic E-state index is 15.5. The van der Waals surface area contributed by atoms with E-state index in [1.807, 2.05) is 53.7 Å². The maximum Gasteiger partial charge on any atom is 0.248 e. The molecule has 0 radical (unpaired) electrons. The summed E-state index contributed by atoms with van der Waals surface area (Å²) in [5.74, 6) is 3.38. The van der Waals surface area contributed by atoms with Crippen LogP contribution >= 0.6 is 30.7 Å². The molecule has 0 bridgehead atoms. The average molecular weight is 831 g/mol. The number of ether oxygens (including phenoxy) is 4. The Labute approximate surface area is 343 Å². The number of carbonyl (C=O) groups is 2. The number of thioether (sulfide) groups is 2. The van der Waals surface area contributed by atoms with Gasteiger partial charge in [-0.25, -0.2) is 0 Å². The van der Waals surface area contributed by atoms with Crippen LogP contribution in [0, 0.1) is 41.5 Å². The van der Waals surface area contributed by atoms with Crippen molar-refractivity contribution >= 4 is 47.0 Å². The third-order valence-corrected chi connectivity index (χ3v) is 14.5. The second-order valence-electron chi connectivity index (χ2n) is 13.9. The van der Waals surface area contributed by atoms with Crippen molar-refractivity contribution in [3.8, 4) is 0 Å². The van der Waals surface area contributed by atoms with Crippen molar-refractivity contribution in [1.29, 1.82) is 0 Å². The van der Waals surface area contributed by atoms with Crippen LogP contribution in [-0.4, -0.2) is 110 Å². The zero-order chi connectivity index (χ0) is 40.9. The zero-order valence-electron chi connectivity index (χ0n) is 34.3. The minimum absolute atomic E-state index is 0.191. The third-order valence-electron chi connectivity index (χ3n) is 9.74. The van der Waals surface area contributed by atoms with E-state index in [1.54, 1.807) is 53.9 Å². The predicted octanol–water partition coefficient (Wildman–Crippen LogP) is 7.59. The van der Waals surface area contributed by atoms with E-state index in [1.165, 1.54) is 0 Å². The molecular formula is C44H63O9PS2. The summed E-state index contributed by atoms with van der Waals surface area (Å²) in [5, 5.41) is 18.0. The van der Waals surface area contributed by atoms with Gasteiger partial charge in [-0.1, -0.05) is 42.5 Å². The summed E-state index contributed by atoms with van der Waals surface area (Å²) in [6.07, 6.45) is 2.95. The lowest BCUT2D eigenvalue weighted by molar-refractivity contribution is 0.0493. The van der Waals surface area contributed by atoms with Gasteiger partial charge >= 0.3 is 0 Å². The fourth-order valence-electron chi connectivity index (χ4n) is 7.01. The van der Waals surface area contributed by atoms with Crippen LogP contribution in [0.15, 0.2) is 42.5 Å². The lowest BCUT2D eigenvalue weighted by atomic mass is 9.92. The molecule has 0 unspecified atom stereocenters. The minimum Gasteiger partial charge on any atom is -0.396 e. The van der Waals surface area contributed by atoms with Crippen molar-refractivity contribution in [1.82, 2.24) is 0 Å². The van der Waals surface area contributed by atoms with Gasteiger partial charge in [0.25, 0.3) is 0 Å². The normalized spacial score (nSPS) is 11.7. The Hall–Kier alpha value is -2.31. The summed E-state index contributed by atoms with van der Waals surface area (Å²) in [6.45, 7) is 15.8. The highest BCUT2D eigenvalue weighted by molar-refractivity contribution is 8.01. The van der Waals surface area contributed by atoms with Crippen molar-refractivity contribution in [2.75, 3.05) is 89.1 Å². The summed E-state index contributed by atoms with van der Waals surface area (Å²) in [5.41, 5.74) is 6.08. The number of aliphatic hydroxyl groups is 2. The van der Waals surface area contributed by atoms with E-state index in [0.29, 0.717) is 88.0 Å². The smallest absolute Gasteiger partial charge is 0.248 e. The highest BCUT2D eigenvalue weighted by Gasteiger charge is 2.45. The average Bonchev–Trinajstić information content (AvgIpc) is 3.17. The van der Waals surface area contributed by atoms with Gasteiger partial charge in [-0.2, -0.15) is 23.5 Å². The second kappa shape index (κ2) is 25.9. The number of carbonyl (C=O) groups excluding carboxylic acids is 2. The molecule has 12 heteroatoms. The Balaban J connectivity index is 1.79. The van der Waals surface area contributed by atoms with Gasteiger partial charge < -0.3 is 33.7 Å². The van der Waals surface area contributed by atoms with Gasteiger partial charge in [0.05, 0.1) is 52.9 Å². The van der Waals surface area contributed by atoms with E-state index in [9.17, 15) is 9.59 Å². The second-order valence-corrected chi connectivity index (χ2v) is 18.9. The number of rotatable bonds is 29. The van der Waals surface area contributed by atoms with Crippen LogP contribution in [0.5, 0.6) is 0 Å². The number of benzene rings is 3. The van der Waals surface area contributed by atoms with Crippen molar-refractivity contribution in [3.05, 3.63) is 98.1 Å². The van der Waals surface area contributed by atoms with Crippen LogP contribution < -0.4 is 5.30 Å². The zero-order valence-corrected chi connectivity index (χ0v) is 36.8. The SMILES string of the molecule is Cc1cc(C)c(C(=O)P(=O)(C(=O)c2c(C)cc(C)c(CCOCCOCCCSCCO)c2C)c2ccccc2)c(C)c1CCOCCOCCCSCCO. The fraction of sp³-hybridized carbons (Fsp3) is 0.545. The summed E-state index contributed by atoms with van der Waals surface area (Å²) in [7, 11) is -4.39. The van der Waals surface area contributed by atoms with Gasteiger partial charge in [0, 0.05) is 41.2 Å². The van der Waals surface area contributed by atoms with Crippen LogP contribution in [0.2, 0.25) is 0 Å². The molecule has 0 aliphatic rings. The molecule has 0 saturated heterocycles. The Morgan fingerprint density at radius 2 is 0.946 bits per heavy atom. The van der Waals surface area contributed by atoms with E-state index < -0.39 is 18.2 Å². The van der Waals surface area contributed by atoms with E-state index in [0.717, 1.165) is 69.2 Å². The summed E-state index contributed by atoms with van der Waals surface area (Å²) >= 11 is 3.41. The molecule has 0 amide bonds. The molecule has 9 nitrogen and oxygen atoms in total. The molecule has 310 valence electrons. The maximum absolute atomic E-state index is 15.5. The molecule has 3 aromatic rings. The molecule has 0 aromatic heterocycles. The van der Waals surface area contributed by atoms with Crippen LogP contribution in [0.25, 0.3) is 0 Å². The van der Waals surface area contributed by atoms with E-state index >= 15 is 4.57 Å². The molecule has 0 spiro atoms. The highest BCUT2D eigenvalue weighted by Crippen LogP contribution is 2.53. The number of hydrogen-bond donors (Lipinski definition) is 2. The van der Waals surface area contributed by atoms with Crippen molar-refractivity contribution in [2.24, 2.45) is 0 Å². The third kappa shape index (κ3) is 13.9. The Bertz CT molecular complexity index is 1630. The van der Waals surface area contributed by atoms with E-state index in [4.69, 9.17) is 29.2 Å². The molecule has 0 atom stereocenters. The monoisotopic (exact) mass is 830 g/mol. The molecule has 3 aromatic carbocycles. The van der Waals surface area contributed by atoms with Gasteiger partial charge in [0.15, 0.2) is 0 Å². The molecular weight excluding hydrogens is 768 g/mol. The van der Waals surface area contributed by atoms with E-state index in [2.05, 4.69) is 0 Å². The molecule has 0 saturated carbocycles. The van der Waals surface area contributed by atoms with Gasteiger partial charge in [0.2, 0.25) is 18.2 Å². The Morgan fingerprint density at radius 1 is 0.554 bits per heavy atom. The Morgan fingerprint density at radius 3 is 1.34 bits per heavy atom.